The minimum absolute atomic E-state index is 0.0533. The fourth-order valence-corrected chi connectivity index (χ4v) is 3.33. The van der Waals surface area contributed by atoms with E-state index in [2.05, 4.69) is 33.6 Å². The molecule has 0 bridgehead atoms. The smallest absolute Gasteiger partial charge is 0.220 e. The van der Waals surface area contributed by atoms with E-state index in [0.29, 0.717) is 25.9 Å². The monoisotopic (exact) mass is 339 g/mol. The van der Waals surface area contributed by atoms with Gasteiger partial charge < -0.3 is 10.1 Å². The molecule has 5 heteroatoms. The first-order valence-electron chi connectivity index (χ1n) is 9.03. The summed E-state index contributed by atoms with van der Waals surface area (Å²) in [5, 5.41) is 11.3. The van der Waals surface area contributed by atoms with Crippen LogP contribution in [0.2, 0.25) is 0 Å². The molecule has 1 N–H and O–H groups in total. The standard InChI is InChI=1S/C20H25N3O2/c1-2-3-13-20(22-23-20)14-12-19(24)21-17-10-7-11-18(17)25-15-16-8-5-4-6-9-16/h1,4-6,8-9,17-18H,3,7,10-15H2,(H,21,24)/t17-,18-/m0/s1. The van der Waals surface area contributed by atoms with Gasteiger partial charge in [-0.05, 0) is 24.8 Å². The molecule has 0 unspecified atom stereocenters. The average Bonchev–Trinajstić information content (AvgIpc) is 3.28. The molecule has 2 aliphatic rings. The van der Waals surface area contributed by atoms with Gasteiger partial charge in [-0.25, -0.2) is 0 Å². The van der Waals surface area contributed by atoms with Crippen LogP contribution in [-0.2, 0) is 16.1 Å². The van der Waals surface area contributed by atoms with Crippen LogP contribution in [0.1, 0.15) is 50.5 Å². The third kappa shape index (κ3) is 5.14. The Morgan fingerprint density at radius 2 is 2.08 bits per heavy atom. The molecule has 0 radical (unpaired) electrons. The molecule has 2 atom stereocenters. The number of hydrogen-bond donors (Lipinski definition) is 1. The summed E-state index contributed by atoms with van der Waals surface area (Å²) in [7, 11) is 0. The van der Waals surface area contributed by atoms with Crippen molar-refractivity contribution in [2.75, 3.05) is 0 Å². The number of carbonyl (C=O) groups excluding carboxylic acids is 1. The summed E-state index contributed by atoms with van der Waals surface area (Å²) in [5.74, 6) is 2.66. The van der Waals surface area contributed by atoms with Crippen LogP contribution in [0.15, 0.2) is 40.6 Å². The second kappa shape index (κ2) is 8.26. The highest BCUT2D eigenvalue weighted by molar-refractivity contribution is 5.76. The Morgan fingerprint density at radius 3 is 2.80 bits per heavy atom. The number of rotatable bonds is 9. The van der Waals surface area contributed by atoms with Gasteiger partial charge in [0.25, 0.3) is 0 Å². The van der Waals surface area contributed by atoms with Crippen LogP contribution in [0, 0.1) is 12.3 Å². The Kier molecular flexibility index (Phi) is 5.83. The van der Waals surface area contributed by atoms with E-state index in [4.69, 9.17) is 11.2 Å². The molecule has 1 aromatic rings. The van der Waals surface area contributed by atoms with Gasteiger partial charge in [0.1, 0.15) is 0 Å². The van der Waals surface area contributed by atoms with Crippen LogP contribution >= 0.6 is 0 Å². The van der Waals surface area contributed by atoms with Gasteiger partial charge in [-0.15, -0.1) is 12.3 Å². The summed E-state index contributed by atoms with van der Waals surface area (Å²) in [4.78, 5) is 12.3. The minimum atomic E-state index is -0.386. The minimum Gasteiger partial charge on any atom is -0.371 e. The quantitative estimate of drug-likeness (QED) is 0.699. The van der Waals surface area contributed by atoms with Crippen LogP contribution in [0.25, 0.3) is 0 Å². The Bertz CT molecular complexity index is 645. The number of benzene rings is 1. The van der Waals surface area contributed by atoms with Crippen molar-refractivity contribution in [1.82, 2.24) is 5.32 Å². The Labute approximate surface area is 149 Å². The third-order valence-corrected chi connectivity index (χ3v) is 4.91. The van der Waals surface area contributed by atoms with Gasteiger partial charge in [-0.3, -0.25) is 4.79 Å². The number of nitrogens with one attached hydrogen (secondary N) is 1. The van der Waals surface area contributed by atoms with Gasteiger partial charge in [0.15, 0.2) is 5.66 Å². The summed E-state index contributed by atoms with van der Waals surface area (Å²) in [5.41, 5.74) is 0.773. The summed E-state index contributed by atoms with van der Waals surface area (Å²) in [6, 6.07) is 10.2. The van der Waals surface area contributed by atoms with E-state index in [-0.39, 0.29) is 23.7 Å². The lowest BCUT2D eigenvalue weighted by molar-refractivity contribution is -0.123. The van der Waals surface area contributed by atoms with Crippen molar-refractivity contribution in [3.63, 3.8) is 0 Å². The molecule has 1 saturated carbocycles. The van der Waals surface area contributed by atoms with Gasteiger partial charge in [0.2, 0.25) is 5.91 Å². The SMILES string of the molecule is C#CCCC1(CCC(=O)N[C@H]2CCC[C@@H]2OCc2ccccc2)N=N1. The first-order chi connectivity index (χ1) is 12.2. The first kappa shape index (κ1) is 17.6. The molecular formula is C20H25N3O2. The lowest BCUT2D eigenvalue weighted by Gasteiger charge is -2.22. The highest BCUT2D eigenvalue weighted by Gasteiger charge is 2.39. The molecular weight excluding hydrogens is 314 g/mol. The van der Waals surface area contributed by atoms with Crippen LogP contribution in [-0.4, -0.2) is 23.7 Å². The maximum absolute atomic E-state index is 12.3. The molecule has 5 nitrogen and oxygen atoms in total. The summed E-state index contributed by atoms with van der Waals surface area (Å²) in [6.45, 7) is 0.588. The fraction of sp³-hybridized carbons (Fsp3) is 0.550. The van der Waals surface area contributed by atoms with Crippen molar-refractivity contribution in [2.45, 2.75) is 69.4 Å². The van der Waals surface area contributed by atoms with Gasteiger partial charge >= 0.3 is 0 Å². The molecule has 3 rings (SSSR count). The van der Waals surface area contributed by atoms with Crippen LogP contribution in [0.3, 0.4) is 0 Å². The summed E-state index contributed by atoms with van der Waals surface area (Å²) in [6.07, 6.45) is 10.9. The maximum Gasteiger partial charge on any atom is 0.220 e. The largest absolute Gasteiger partial charge is 0.371 e. The average molecular weight is 339 g/mol. The zero-order valence-corrected chi connectivity index (χ0v) is 14.5. The molecule has 1 aliphatic heterocycles. The summed E-state index contributed by atoms with van der Waals surface area (Å²) >= 11 is 0. The van der Waals surface area contributed by atoms with E-state index >= 15 is 0 Å². The van der Waals surface area contributed by atoms with Gasteiger partial charge in [-0.1, -0.05) is 30.3 Å². The van der Waals surface area contributed by atoms with E-state index in [9.17, 15) is 4.79 Å². The van der Waals surface area contributed by atoms with Crippen molar-refractivity contribution in [3.05, 3.63) is 35.9 Å². The van der Waals surface area contributed by atoms with Crippen LogP contribution < -0.4 is 5.32 Å². The molecule has 1 aromatic carbocycles. The predicted octanol–water partition coefficient (Wildman–Crippen LogP) is 3.60. The number of carbonyl (C=O) groups is 1. The Morgan fingerprint density at radius 1 is 1.28 bits per heavy atom. The molecule has 1 fully saturated rings. The Balaban J connectivity index is 1.40. The zero-order chi connectivity index (χ0) is 17.5. The van der Waals surface area contributed by atoms with Crippen molar-refractivity contribution in [2.24, 2.45) is 10.2 Å². The number of amides is 1. The second-order valence-electron chi connectivity index (χ2n) is 6.83. The molecule has 0 saturated heterocycles. The molecule has 1 amide bonds. The van der Waals surface area contributed by atoms with Gasteiger partial charge in [0.05, 0.1) is 18.8 Å². The van der Waals surface area contributed by atoms with Crippen LogP contribution in [0.4, 0.5) is 0 Å². The van der Waals surface area contributed by atoms with Crippen LogP contribution in [0.5, 0.6) is 0 Å². The predicted molar refractivity (Wildman–Crippen MR) is 95.7 cm³/mol. The summed E-state index contributed by atoms with van der Waals surface area (Å²) < 4.78 is 6.04. The Hall–Kier alpha value is -2.19. The second-order valence-corrected chi connectivity index (χ2v) is 6.83. The number of nitrogens with zero attached hydrogens (tertiary/aromatic N) is 2. The molecule has 132 valence electrons. The molecule has 25 heavy (non-hydrogen) atoms. The normalized spacial score (nSPS) is 23.2. The number of hydrogen-bond acceptors (Lipinski definition) is 4. The van der Waals surface area contributed by atoms with Gasteiger partial charge in [0, 0.05) is 25.7 Å². The van der Waals surface area contributed by atoms with Gasteiger partial charge in [-0.2, -0.15) is 10.2 Å². The maximum atomic E-state index is 12.3. The third-order valence-electron chi connectivity index (χ3n) is 4.91. The molecule has 0 aromatic heterocycles. The fourth-order valence-electron chi connectivity index (χ4n) is 3.33. The van der Waals surface area contributed by atoms with E-state index < -0.39 is 0 Å². The van der Waals surface area contributed by atoms with E-state index in [1.165, 1.54) is 0 Å². The van der Waals surface area contributed by atoms with Crippen molar-refractivity contribution in [3.8, 4) is 12.3 Å². The van der Waals surface area contributed by atoms with Crippen molar-refractivity contribution in [1.29, 1.82) is 0 Å². The molecule has 0 spiro atoms. The lowest BCUT2D eigenvalue weighted by atomic mass is 10.0. The van der Waals surface area contributed by atoms with Crippen molar-refractivity contribution >= 4 is 5.91 Å². The topological polar surface area (TPSA) is 63.0 Å². The highest BCUT2D eigenvalue weighted by atomic mass is 16.5. The van der Waals surface area contributed by atoms with E-state index in [1.807, 2.05) is 18.2 Å². The molecule has 1 heterocycles. The number of ether oxygens (including phenoxy) is 1. The lowest BCUT2D eigenvalue weighted by Crippen LogP contribution is -2.41. The number of terminal acetylenes is 1. The van der Waals surface area contributed by atoms with E-state index in [0.717, 1.165) is 31.2 Å². The first-order valence-corrected chi connectivity index (χ1v) is 9.03. The van der Waals surface area contributed by atoms with E-state index in [1.54, 1.807) is 0 Å². The molecule has 1 aliphatic carbocycles. The zero-order valence-electron chi connectivity index (χ0n) is 14.5. The van der Waals surface area contributed by atoms with Crippen molar-refractivity contribution < 1.29 is 9.53 Å². The highest BCUT2D eigenvalue weighted by Crippen LogP contribution is 2.37.